The van der Waals surface area contributed by atoms with Crippen molar-refractivity contribution < 1.29 is 19.5 Å². The minimum Gasteiger partial charge on any atom is -0.196 e. The van der Waals surface area contributed by atoms with E-state index in [1.807, 2.05) is 0 Å². The van der Waals surface area contributed by atoms with Gasteiger partial charge in [0.25, 0.3) is 0 Å². The maximum absolute atomic E-state index is 2.43. The summed E-state index contributed by atoms with van der Waals surface area (Å²) in [6.07, 6.45) is 0. The molecule has 0 saturated heterocycles. The molecule has 2 rings (SSSR count). The Bertz CT molecular complexity index is 671. The molecule has 0 nitrogen and oxygen atoms in total. The van der Waals surface area contributed by atoms with Gasteiger partial charge in [-0.2, -0.15) is 54.9 Å². The maximum Gasteiger partial charge on any atom is 2.00 e. The van der Waals surface area contributed by atoms with Crippen LogP contribution < -0.4 is 10.4 Å². The maximum atomic E-state index is 2.43. The Balaban J connectivity index is 0.000000483. The van der Waals surface area contributed by atoms with Gasteiger partial charge in [0.15, 0.2) is 0 Å². The van der Waals surface area contributed by atoms with Gasteiger partial charge in [-0.1, -0.05) is 94.7 Å². The second-order valence-corrected chi connectivity index (χ2v) is 20.2. The molecule has 0 aliphatic carbocycles. The summed E-state index contributed by atoms with van der Waals surface area (Å²) in [7, 11) is -2.27. The van der Waals surface area contributed by atoms with E-state index in [9.17, 15) is 0 Å². The minimum absolute atomic E-state index is 0. The Morgan fingerprint density at radius 1 is 0.407 bits per heavy atom. The first-order chi connectivity index (χ1) is 11.5. The molecule has 0 aliphatic rings. The zero-order valence-corrected chi connectivity index (χ0v) is 25.7. The predicted molar refractivity (Wildman–Crippen MR) is 128 cm³/mol. The van der Waals surface area contributed by atoms with Crippen molar-refractivity contribution in [3.05, 3.63) is 44.5 Å². The van der Waals surface area contributed by atoms with Gasteiger partial charge in [-0.3, -0.25) is 0 Å². The van der Waals surface area contributed by atoms with Gasteiger partial charge in [-0.25, -0.2) is 0 Å². The van der Waals surface area contributed by atoms with Gasteiger partial charge in [-0.15, -0.1) is 0 Å². The van der Waals surface area contributed by atoms with Gasteiger partial charge in [-0.05, 0) is 0 Å². The average molecular weight is 452 g/mol. The summed E-state index contributed by atoms with van der Waals surface area (Å²) < 4.78 is 0. The van der Waals surface area contributed by atoms with Crippen molar-refractivity contribution in [2.75, 3.05) is 0 Å². The van der Waals surface area contributed by atoms with Gasteiger partial charge in [0, 0.05) is 16.1 Å². The van der Waals surface area contributed by atoms with Crippen LogP contribution in [0.15, 0.2) is 0 Å². The van der Waals surface area contributed by atoms with E-state index in [-0.39, 0.29) is 19.5 Å². The molecule has 0 spiro atoms. The van der Waals surface area contributed by atoms with Gasteiger partial charge in [0.2, 0.25) is 0 Å². The van der Waals surface area contributed by atoms with Gasteiger partial charge in [0.05, 0.1) is 0 Å². The molecule has 0 heterocycles. The summed E-state index contributed by atoms with van der Waals surface area (Å²) >= 11 is 0. The third-order valence-corrected chi connectivity index (χ3v) is 10.9. The van der Waals surface area contributed by atoms with E-state index in [0.29, 0.717) is 0 Å². The van der Waals surface area contributed by atoms with Crippen LogP contribution in [-0.2, 0) is 19.5 Å². The second kappa shape index (κ2) is 9.05. The fraction of sp³-hybridized carbons (Fsp3) is 0.583. The Morgan fingerprint density at radius 3 is 0.630 bits per heavy atom. The summed E-state index contributed by atoms with van der Waals surface area (Å²) in [5.74, 6) is 0. The van der Waals surface area contributed by atoms with Crippen molar-refractivity contribution in [3.8, 4) is 0 Å². The van der Waals surface area contributed by atoms with Crippen LogP contribution in [0, 0.1) is 55.4 Å². The summed E-state index contributed by atoms with van der Waals surface area (Å²) in [6, 6.07) is 0. The second-order valence-electron chi connectivity index (χ2n) is 10.2. The van der Waals surface area contributed by atoms with E-state index in [4.69, 9.17) is 0 Å². The quantitative estimate of drug-likeness (QED) is 0.367. The van der Waals surface area contributed by atoms with Crippen LogP contribution in [0.1, 0.15) is 44.5 Å². The van der Waals surface area contributed by atoms with Gasteiger partial charge < -0.3 is 0 Å². The molecule has 2 aromatic rings. The van der Waals surface area contributed by atoms with Crippen LogP contribution in [0.5, 0.6) is 0 Å². The standard InChI is InChI=1S/2C12H21Si.Zn/c2*1-8-9(2)11(4)12(10(8)3)13(5,6)7;/h2*1-7H3;/q2*-1;+2. The van der Waals surface area contributed by atoms with E-state index >= 15 is 0 Å². The molecule has 0 unspecified atom stereocenters. The number of hydrogen-bond acceptors (Lipinski definition) is 0. The predicted octanol–water partition coefficient (Wildman–Crippen LogP) is 6.37. The van der Waals surface area contributed by atoms with Crippen LogP contribution in [0.25, 0.3) is 0 Å². The summed E-state index contributed by atoms with van der Waals surface area (Å²) in [5.41, 5.74) is 12.2. The fourth-order valence-electron chi connectivity index (χ4n) is 4.69. The first-order valence-corrected chi connectivity index (χ1v) is 17.0. The SMILES string of the molecule is Cc1c(C)c(C)[c-]([Si](C)(C)C)c1C.Cc1c(C)c(C)[c-]([Si](C)(C)C)c1C.[Zn+2]. The molecule has 0 bridgehead atoms. The van der Waals surface area contributed by atoms with E-state index < -0.39 is 16.1 Å². The summed E-state index contributed by atoms with van der Waals surface area (Å²) in [5, 5.41) is 3.37. The molecule has 0 aromatic heterocycles. The molecule has 0 fully saturated rings. The third kappa shape index (κ3) is 5.43. The van der Waals surface area contributed by atoms with E-state index in [0.717, 1.165) is 0 Å². The number of hydrogen-bond donors (Lipinski definition) is 0. The smallest absolute Gasteiger partial charge is 0.196 e. The largest absolute Gasteiger partial charge is 2.00 e. The molecule has 27 heavy (non-hydrogen) atoms. The van der Waals surface area contributed by atoms with Crippen molar-refractivity contribution in [1.29, 1.82) is 0 Å². The molecule has 3 heteroatoms. The zero-order valence-electron chi connectivity index (χ0n) is 20.7. The van der Waals surface area contributed by atoms with Crippen LogP contribution in [0.2, 0.25) is 39.3 Å². The monoisotopic (exact) mass is 450 g/mol. The number of rotatable bonds is 2. The van der Waals surface area contributed by atoms with Crippen molar-refractivity contribution in [2.24, 2.45) is 0 Å². The van der Waals surface area contributed by atoms with E-state index in [1.54, 1.807) is 32.6 Å². The van der Waals surface area contributed by atoms with Crippen molar-refractivity contribution in [2.45, 2.75) is 94.7 Å². The fourth-order valence-corrected chi connectivity index (χ4v) is 9.94. The van der Waals surface area contributed by atoms with Crippen LogP contribution in [0.3, 0.4) is 0 Å². The van der Waals surface area contributed by atoms with Crippen molar-refractivity contribution >= 4 is 26.5 Å². The first kappa shape index (κ1) is 26.8. The molecule has 2 aromatic carbocycles. The van der Waals surface area contributed by atoms with Gasteiger partial charge >= 0.3 is 19.5 Å². The molecule has 0 N–H and O–H groups in total. The molecule has 0 saturated carbocycles. The Kier molecular flexibility index (Phi) is 8.97. The Labute approximate surface area is 184 Å². The normalized spacial score (nSPS) is 11.8. The van der Waals surface area contributed by atoms with Crippen LogP contribution >= 0.6 is 0 Å². The molecular weight excluding hydrogens is 410 g/mol. The zero-order chi connectivity index (χ0) is 20.8. The Morgan fingerprint density at radius 2 is 0.556 bits per heavy atom. The first-order valence-electron chi connectivity index (χ1n) is 10.0. The van der Waals surface area contributed by atoms with E-state index in [2.05, 4.69) is 94.7 Å². The molecule has 0 amide bonds. The molecule has 0 aliphatic heterocycles. The van der Waals surface area contributed by atoms with Crippen LogP contribution in [0.4, 0.5) is 0 Å². The molecular formula is C24H42Si2Zn. The summed E-state index contributed by atoms with van der Waals surface area (Å²) in [6.45, 7) is 32.7. The third-order valence-electron chi connectivity index (χ3n) is 6.38. The topological polar surface area (TPSA) is 0 Å². The molecule has 0 radical (unpaired) electrons. The van der Waals surface area contributed by atoms with Gasteiger partial charge in [0.1, 0.15) is 0 Å². The summed E-state index contributed by atoms with van der Waals surface area (Å²) in [4.78, 5) is 0. The van der Waals surface area contributed by atoms with Crippen LogP contribution in [-0.4, -0.2) is 16.1 Å². The Hall–Kier alpha value is -0.243. The molecule has 148 valence electrons. The van der Waals surface area contributed by atoms with E-state index in [1.165, 1.54) is 22.3 Å². The average Bonchev–Trinajstić information content (AvgIpc) is 2.79. The van der Waals surface area contributed by atoms with Crippen molar-refractivity contribution in [3.63, 3.8) is 0 Å². The molecule has 0 atom stereocenters. The van der Waals surface area contributed by atoms with Crippen molar-refractivity contribution in [1.82, 2.24) is 0 Å². The minimum atomic E-state index is -1.13.